The lowest BCUT2D eigenvalue weighted by Gasteiger charge is -1.92. The van der Waals surface area contributed by atoms with Crippen molar-refractivity contribution in [1.82, 2.24) is 0 Å². The van der Waals surface area contributed by atoms with E-state index in [1.807, 2.05) is 18.2 Å². The summed E-state index contributed by atoms with van der Waals surface area (Å²) in [5.41, 5.74) is 1.31. The average molecular weight is 515 g/mol. The summed E-state index contributed by atoms with van der Waals surface area (Å²) in [6, 6.07) is 12.2. The van der Waals surface area contributed by atoms with Crippen molar-refractivity contribution in [2.45, 2.75) is 27.7 Å². The molecule has 3 rings (SSSR count). The molecule has 0 aliphatic carbocycles. The minimum atomic E-state index is -0.833. The molecule has 14 nitrogen and oxygen atoms in total. The predicted molar refractivity (Wildman–Crippen MR) is 128 cm³/mol. The van der Waals surface area contributed by atoms with Crippen LogP contribution in [0, 0.1) is 10.1 Å². The first-order chi connectivity index (χ1) is 16.6. The van der Waals surface area contributed by atoms with Gasteiger partial charge in [0.2, 0.25) is 0 Å². The molecule has 200 valence electrons. The fourth-order valence-corrected chi connectivity index (χ4v) is 1.91. The predicted octanol–water partition coefficient (Wildman–Crippen LogP) is 2.83. The second-order valence-electron chi connectivity index (χ2n) is 6.03. The molecule has 0 fully saturated rings. The molecule has 0 saturated heterocycles. The number of rotatable bonds is 2. The Balaban J connectivity index is -0.000000452. The molecule has 0 atom stereocenters. The maximum absolute atomic E-state index is 10.9. The van der Waals surface area contributed by atoms with E-state index in [1.165, 1.54) is 6.07 Å². The number of para-hydroxylation sites is 1. The SMILES string of the molecule is CC(=O)O.CC(=O)O.CC(=O)O.CC(=O)O.O=[N+]([O-])c1cccc2oc3ccccc3c12.OCCO. The number of non-ortho nitro benzene ring substituents is 1. The van der Waals surface area contributed by atoms with Crippen LogP contribution in [0.2, 0.25) is 0 Å². The summed E-state index contributed by atoms with van der Waals surface area (Å²) in [7, 11) is 0. The molecule has 0 bridgehead atoms. The summed E-state index contributed by atoms with van der Waals surface area (Å²) in [5, 5.41) is 57.2. The van der Waals surface area contributed by atoms with Crippen LogP contribution in [0.5, 0.6) is 0 Å². The number of aliphatic hydroxyl groups is 2. The number of fused-ring (bicyclic) bond motifs is 3. The average Bonchev–Trinajstić information content (AvgIpc) is 3.11. The number of hydrogen-bond acceptors (Lipinski definition) is 9. The number of nitro groups is 1. The quantitative estimate of drug-likeness (QED) is 0.212. The maximum atomic E-state index is 10.9. The first-order valence-corrected chi connectivity index (χ1v) is 9.66. The zero-order chi connectivity index (χ0) is 28.8. The van der Waals surface area contributed by atoms with Gasteiger partial charge in [-0.3, -0.25) is 29.3 Å². The van der Waals surface area contributed by atoms with Crippen LogP contribution in [-0.4, -0.2) is 72.7 Å². The highest BCUT2D eigenvalue weighted by Crippen LogP contribution is 2.34. The molecule has 0 saturated carbocycles. The van der Waals surface area contributed by atoms with Crippen molar-refractivity contribution in [1.29, 1.82) is 0 Å². The van der Waals surface area contributed by atoms with E-state index in [9.17, 15) is 10.1 Å². The van der Waals surface area contributed by atoms with Gasteiger partial charge in [0.15, 0.2) is 0 Å². The molecule has 0 spiro atoms. The van der Waals surface area contributed by atoms with E-state index in [1.54, 1.807) is 18.2 Å². The molecule has 1 aromatic heterocycles. The Bertz CT molecular complexity index is 1040. The highest BCUT2D eigenvalue weighted by atomic mass is 16.6. The second-order valence-corrected chi connectivity index (χ2v) is 6.03. The fourth-order valence-electron chi connectivity index (χ4n) is 1.91. The van der Waals surface area contributed by atoms with E-state index in [-0.39, 0.29) is 23.8 Å². The Labute approximate surface area is 204 Å². The Hall–Kier alpha value is -4.56. The van der Waals surface area contributed by atoms with Crippen molar-refractivity contribution < 1.29 is 59.2 Å². The van der Waals surface area contributed by atoms with Gasteiger partial charge in [0.25, 0.3) is 29.6 Å². The van der Waals surface area contributed by atoms with Gasteiger partial charge >= 0.3 is 0 Å². The summed E-state index contributed by atoms with van der Waals surface area (Å²) in [5.74, 6) is -3.33. The van der Waals surface area contributed by atoms with Gasteiger partial charge in [-0.2, -0.15) is 0 Å². The number of furan rings is 1. The molecule has 6 N–H and O–H groups in total. The molecule has 0 aliphatic rings. The number of nitro benzene ring substituents is 1. The van der Waals surface area contributed by atoms with Crippen LogP contribution in [-0.2, 0) is 19.2 Å². The van der Waals surface area contributed by atoms with Crippen LogP contribution >= 0.6 is 0 Å². The van der Waals surface area contributed by atoms with Crippen molar-refractivity contribution >= 4 is 51.5 Å². The minimum absolute atomic E-state index is 0.0856. The van der Waals surface area contributed by atoms with Crippen LogP contribution in [0.25, 0.3) is 21.9 Å². The number of carbonyl (C=O) groups is 4. The smallest absolute Gasteiger partial charge is 0.300 e. The van der Waals surface area contributed by atoms with E-state index in [2.05, 4.69) is 0 Å². The Kier molecular flexibility index (Phi) is 21.0. The normalized spacial score (nSPS) is 8.50. The first-order valence-electron chi connectivity index (χ1n) is 9.66. The number of carboxylic acids is 4. The molecule has 14 heteroatoms. The standard InChI is InChI=1S/C12H7NO3.4C2H4O2.C2H6O2/c14-13(15)9-5-3-7-11-12(9)8-4-1-2-6-10(8)16-11;4*1-2(3)4;3-1-2-4/h1-7H;4*1H3,(H,3,4);3-4H,1-2H2. The van der Waals surface area contributed by atoms with Crippen LogP contribution in [0.3, 0.4) is 0 Å². The third-order valence-corrected chi connectivity index (χ3v) is 2.68. The second kappa shape index (κ2) is 21.0. The van der Waals surface area contributed by atoms with E-state index in [0.29, 0.717) is 16.6 Å². The summed E-state index contributed by atoms with van der Waals surface area (Å²) >= 11 is 0. The monoisotopic (exact) mass is 515 g/mol. The fraction of sp³-hybridized carbons (Fsp3) is 0.273. The summed E-state index contributed by atoms with van der Waals surface area (Å²) in [6.07, 6.45) is 0. The minimum Gasteiger partial charge on any atom is -0.481 e. The number of carboxylic acid groups (broad SMARTS) is 4. The molecule has 0 radical (unpaired) electrons. The largest absolute Gasteiger partial charge is 0.481 e. The molecular weight excluding hydrogens is 486 g/mol. The van der Waals surface area contributed by atoms with Gasteiger partial charge < -0.3 is 35.1 Å². The zero-order valence-electron chi connectivity index (χ0n) is 19.9. The number of aliphatic hydroxyl groups excluding tert-OH is 2. The Morgan fingerprint density at radius 2 is 1.08 bits per heavy atom. The van der Waals surface area contributed by atoms with Gasteiger partial charge in [-0.25, -0.2) is 0 Å². The van der Waals surface area contributed by atoms with Crippen molar-refractivity contribution in [2.24, 2.45) is 0 Å². The van der Waals surface area contributed by atoms with Gasteiger partial charge in [0.1, 0.15) is 16.6 Å². The molecular formula is C22H29NO13. The third-order valence-electron chi connectivity index (χ3n) is 2.68. The lowest BCUT2D eigenvalue weighted by atomic mass is 10.1. The van der Waals surface area contributed by atoms with Gasteiger partial charge in [-0.15, -0.1) is 0 Å². The van der Waals surface area contributed by atoms with Crippen LogP contribution in [0.4, 0.5) is 5.69 Å². The van der Waals surface area contributed by atoms with Crippen LogP contribution in [0.1, 0.15) is 27.7 Å². The molecule has 0 unspecified atom stereocenters. The van der Waals surface area contributed by atoms with E-state index < -0.39 is 23.9 Å². The topological polar surface area (TPSA) is 246 Å². The maximum Gasteiger partial charge on any atom is 0.300 e. The zero-order valence-corrected chi connectivity index (χ0v) is 19.9. The molecule has 0 amide bonds. The van der Waals surface area contributed by atoms with Crippen molar-refractivity contribution in [2.75, 3.05) is 13.2 Å². The third kappa shape index (κ3) is 21.3. The van der Waals surface area contributed by atoms with Crippen LogP contribution < -0.4 is 0 Å². The van der Waals surface area contributed by atoms with E-state index >= 15 is 0 Å². The molecule has 36 heavy (non-hydrogen) atoms. The lowest BCUT2D eigenvalue weighted by molar-refractivity contribution is -0.383. The number of benzene rings is 2. The van der Waals surface area contributed by atoms with Crippen molar-refractivity contribution in [3.8, 4) is 0 Å². The van der Waals surface area contributed by atoms with E-state index in [0.717, 1.165) is 33.1 Å². The highest BCUT2D eigenvalue weighted by molar-refractivity contribution is 6.09. The molecule has 0 aliphatic heterocycles. The Morgan fingerprint density at radius 1 is 0.722 bits per heavy atom. The van der Waals surface area contributed by atoms with Gasteiger partial charge in [0.05, 0.1) is 18.1 Å². The van der Waals surface area contributed by atoms with E-state index in [4.69, 9.17) is 54.2 Å². The Morgan fingerprint density at radius 3 is 1.44 bits per heavy atom. The number of nitrogens with zero attached hydrogens (tertiary/aromatic N) is 1. The van der Waals surface area contributed by atoms with Gasteiger partial charge in [0, 0.05) is 39.1 Å². The highest BCUT2D eigenvalue weighted by Gasteiger charge is 2.17. The summed E-state index contributed by atoms with van der Waals surface area (Å²) in [6.45, 7) is 4.08. The molecule has 1 heterocycles. The summed E-state index contributed by atoms with van der Waals surface area (Å²) < 4.78 is 5.54. The van der Waals surface area contributed by atoms with Crippen LogP contribution in [0.15, 0.2) is 46.9 Å². The number of hydrogen-bond donors (Lipinski definition) is 6. The van der Waals surface area contributed by atoms with Crippen molar-refractivity contribution in [3.05, 3.63) is 52.6 Å². The molecule has 3 aromatic rings. The van der Waals surface area contributed by atoms with Crippen molar-refractivity contribution in [3.63, 3.8) is 0 Å². The molecule has 2 aromatic carbocycles. The first kappa shape index (κ1) is 36.0. The summed E-state index contributed by atoms with van der Waals surface area (Å²) in [4.78, 5) is 46.5. The van der Waals surface area contributed by atoms with Gasteiger partial charge in [-0.05, 0) is 12.1 Å². The lowest BCUT2D eigenvalue weighted by Crippen LogP contribution is -1.87. The van der Waals surface area contributed by atoms with Gasteiger partial charge in [-0.1, -0.05) is 24.3 Å². The number of aliphatic carboxylic acids is 4.